The first-order chi connectivity index (χ1) is 10.8. The molecular weight excluding hydrogens is 313 g/mol. The maximum atomic E-state index is 12.9. The van der Waals surface area contributed by atoms with Gasteiger partial charge in [0, 0.05) is 16.8 Å². The molecule has 0 atom stereocenters. The van der Waals surface area contributed by atoms with E-state index in [1.165, 1.54) is 12.1 Å². The third-order valence-electron chi connectivity index (χ3n) is 3.54. The Balaban J connectivity index is 0.00000156. The van der Waals surface area contributed by atoms with Crippen LogP contribution in [0.2, 0.25) is 0 Å². The predicted molar refractivity (Wildman–Crippen MR) is 93.0 cm³/mol. The molecule has 0 aliphatic carbocycles. The van der Waals surface area contributed by atoms with Crippen LogP contribution < -0.4 is 4.74 Å². The molecule has 0 N–H and O–H groups in total. The molecule has 1 heterocycles. The van der Waals surface area contributed by atoms with Crippen molar-refractivity contribution in [2.24, 2.45) is 0 Å². The summed E-state index contributed by atoms with van der Waals surface area (Å²) in [6.07, 6.45) is 0. The predicted octanol–water partition coefficient (Wildman–Crippen LogP) is 5.74. The molecule has 1 aromatic heterocycles. The lowest BCUT2D eigenvalue weighted by Crippen LogP contribution is -1.87. The van der Waals surface area contributed by atoms with Crippen molar-refractivity contribution in [2.45, 2.75) is 0 Å². The Morgan fingerprint density at radius 3 is 2.22 bits per heavy atom. The molecule has 0 saturated carbocycles. The van der Waals surface area contributed by atoms with Gasteiger partial charge in [0.1, 0.15) is 17.3 Å². The topological polar surface area (TPSA) is 22.1 Å². The zero-order valence-corrected chi connectivity index (χ0v) is 12.9. The van der Waals surface area contributed by atoms with Crippen molar-refractivity contribution in [3.63, 3.8) is 0 Å². The van der Waals surface area contributed by atoms with Crippen LogP contribution in [0.15, 0.2) is 72.8 Å². The highest BCUT2D eigenvalue weighted by atomic mass is 35.5. The summed E-state index contributed by atoms with van der Waals surface area (Å²) in [5, 5.41) is 2.17. The summed E-state index contributed by atoms with van der Waals surface area (Å²) in [7, 11) is 0. The Labute approximate surface area is 139 Å². The Morgan fingerprint density at radius 1 is 0.696 bits per heavy atom. The third kappa shape index (κ3) is 3.10. The van der Waals surface area contributed by atoms with Gasteiger partial charge in [0.05, 0.1) is 11.0 Å². The summed E-state index contributed by atoms with van der Waals surface area (Å²) in [6.45, 7) is 0. The molecule has 114 valence electrons. The summed E-state index contributed by atoms with van der Waals surface area (Å²) in [6, 6.07) is 21.8. The lowest BCUT2D eigenvalue weighted by molar-refractivity contribution is 0.481. The van der Waals surface area contributed by atoms with Gasteiger partial charge in [-0.1, -0.05) is 18.2 Å². The molecule has 0 aliphatic rings. The van der Waals surface area contributed by atoms with E-state index in [2.05, 4.69) is 11.1 Å². The third-order valence-corrected chi connectivity index (χ3v) is 3.54. The fourth-order valence-electron chi connectivity index (χ4n) is 2.45. The van der Waals surface area contributed by atoms with Gasteiger partial charge in [-0.15, -0.1) is 12.4 Å². The van der Waals surface area contributed by atoms with Gasteiger partial charge in [-0.25, -0.2) is 9.37 Å². The van der Waals surface area contributed by atoms with E-state index >= 15 is 0 Å². The van der Waals surface area contributed by atoms with E-state index in [0.717, 1.165) is 21.8 Å². The van der Waals surface area contributed by atoms with Crippen molar-refractivity contribution in [3.8, 4) is 11.5 Å². The first kappa shape index (κ1) is 15.3. The number of pyridine rings is 1. The Kier molecular flexibility index (Phi) is 4.13. The van der Waals surface area contributed by atoms with Crippen molar-refractivity contribution in [1.82, 2.24) is 4.98 Å². The van der Waals surface area contributed by atoms with E-state index in [9.17, 15) is 4.39 Å². The van der Waals surface area contributed by atoms with Gasteiger partial charge in [-0.3, -0.25) is 0 Å². The van der Waals surface area contributed by atoms with Crippen molar-refractivity contribution in [2.75, 3.05) is 0 Å². The summed E-state index contributed by atoms with van der Waals surface area (Å²) < 4.78 is 18.7. The number of rotatable bonds is 2. The van der Waals surface area contributed by atoms with E-state index in [1.54, 1.807) is 12.1 Å². The molecule has 3 aromatic carbocycles. The van der Waals surface area contributed by atoms with Gasteiger partial charge in [0.2, 0.25) is 0 Å². The minimum absolute atomic E-state index is 0. The highest BCUT2D eigenvalue weighted by Crippen LogP contribution is 2.27. The van der Waals surface area contributed by atoms with Crippen molar-refractivity contribution >= 4 is 34.2 Å². The molecule has 0 unspecified atom stereocenters. The molecule has 2 nitrogen and oxygen atoms in total. The SMILES string of the molecule is Cl.Fc1ccc(Oc2ccc3cc4ccccc4nc3c2)cc1. The van der Waals surface area contributed by atoms with Crippen molar-refractivity contribution < 1.29 is 9.13 Å². The Hall–Kier alpha value is -2.65. The van der Waals surface area contributed by atoms with Crippen LogP contribution in [0.4, 0.5) is 4.39 Å². The standard InChI is InChI=1S/C19H12FNO.ClH/c20-15-6-9-16(10-7-15)22-17-8-5-14-11-13-3-1-2-4-18(13)21-19(14)12-17;/h1-12H;1H. The van der Waals surface area contributed by atoms with Crippen LogP contribution in [-0.2, 0) is 0 Å². The molecule has 4 aromatic rings. The molecule has 0 bridgehead atoms. The summed E-state index contributed by atoms with van der Waals surface area (Å²) in [5.41, 5.74) is 1.83. The minimum Gasteiger partial charge on any atom is -0.457 e. The molecule has 0 fully saturated rings. The van der Waals surface area contributed by atoms with E-state index in [4.69, 9.17) is 4.74 Å². The van der Waals surface area contributed by atoms with Crippen LogP contribution in [-0.4, -0.2) is 4.98 Å². The molecule has 4 heteroatoms. The Bertz CT molecular complexity index is 970. The van der Waals surface area contributed by atoms with Gasteiger partial charge in [0.25, 0.3) is 0 Å². The highest BCUT2D eigenvalue weighted by Gasteiger charge is 2.03. The zero-order chi connectivity index (χ0) is 14.9. The molecule has 4 rings (SSSR count). The Morgan fingerprint density at radius 2 is 1.39 bits per heavy atom. The number of benzene rings is 3. The molecule has 23 heavy (non-hydrogen) atoms. The van der Waals surface area contributed by atoms with E-state index < -0.39 is 0 Å². The average molecular weight is 326 g/mol. The zero-order valence-electron chi connectivity index (χ0n) is 12.1. The van der Waals surface area contributed by atoms with Crippen LogP contribution in [0, 0.1) is 5.82 Å². The summed E-state index contributed by atoms with van der Waals surface area (Å²) in [4.78, 5) is 4.65. The second-order valence-electron chi connectivity index (χ2n) is 5.09. The van der Waals surface area contributed by atoms with Crippen LogP contribution in [0.25, 0.3) is 21.8 Å². The summed E-state index contributed by atoms with van der Waals surface area (Å²) >= 11 is 0. The van der Waals surface area contributed by atoms with Crippen LogP contribution in [0.3, 0.4) is 0 Å². The van der Waals surface area contributed by atoms with Gasteiger partial charge in [-0.05, 0) is 48.5 Å². The fraction of sp³-hybridized carbons (Fsp3) is 0. The number of aromatic nitrogens is 1. The maximum Gasteiger partial charge on any atom is 0.129 e. The minimum atomic E-state index is -0.279. The largest absolute Gasteiger partial charge is 0.457 e. The van der Waals surface area contributed by atoms with Crippen molar-refractivity contribution in [3.05, 3.63) is 78.6 Å². The fourth-order valence-corrected chi connectivity index (χ4v) is 2.45. The van der Waals surface area contributed by atoms with Crippen LogP contribution >= 0.6 is 12.4 Å². The smallest absolute Gasteiger partial charge is 0.129 e. The van der Waals surface area contributed by atoms with Crippen molar-refractivity contribution in [1.29, 1.82) is 0 Å². The second kappa shape index (κ2) is 6.23. The average Bonchev–Trinajstić information content (AvgIpc) is 2.55. The maximum absolute atomic E-state index is 12.9. The van der Waals surface area contributed by atoms with Crippen LogP contribution in [0.1, 0.15) is 0 Å². The number of halogens is 2. The molecule has 0 saturated heterocycles. The monoisotopic (exact) mass is 325 g/mol. The number of para-hydroxylation sites is 1. The molecular formula is C19H13ClFNO. The number of ether oxygens (including phenoxy) is 1. The van der Waals surface area contributed by atoms with Gasteiger partial charge in [0.15, 0.2) is 0 Å². The molecule has 0 radical (unpaired) electrons. The molecule has 0 spiro atoms. The van der Waals surface area contributed by atoms with Gasteiger partial charge in [-0.2, -0.15) is 0 Å². The quantitative estimate of drug-likeness (QED) is 0.438. The second-order valence-corrected chi connectivity index (χ2v) is 5.09. The van der Waals surface area contributed by atoms with E-state index in [0.29, 0.717) is 11.5 Å². The van der Waals surface area contributed by atoms with Crippen LogP contribution in [0.5, 0.6) is 11.5 Å². The highest BCUT2D eigenvalue weighted by molar-refractivity contribution is 5.93. The van der Waals surface area contributed by atoms with Gasteiger partial charge < -0.3 is 4.74 Å². The first-order valence-corrected chi connectivity index (χ1v) is 7.01. The summed E-state index contributed by atoms with van der Waals surface area (Å²) in [5.74, 6) is 1.00. The number of hydrogen-bond acceptors (Lipinski definition) is 2. The van der Waals surface area contributed by atoms with E-state index in [-0.39, 0.29) is 18.2 Å². The number of hydrogen-bond donors (Lipinski definition) is 0. The first-order valence-electron chi connectivity index (χ1n) is 7.01. The normalized spacial score (nSPS) is 10.5. The van der Waals surface area contributed by atoms with E-state index in [1.807, 2.05) is 42.5 Å². The number of fused-ring (bicyclic) bond motifs is 2. The molecule has 0 amide bonds. The molecule has 0 aliphatic heterocycles. The lowest BCUT2D eigenvalue weighted by Gasteiger charge is -2.07. The van der Waals surface area contributed by atoms with Gasteiger partial charge >= 0.3 is 0 Å². The lowest BCUT2D eigenvalue weighted by atomic mass is 10.1. The number of nitrogens with zero attached hydrogens (tertiary/aromatic N) is 1.